The first-order valence-electron chi connectivity index (χ1n) is 7.32. The molecule has 2 rings (SSSR count). The van der Waals surface area contributed by atoms with Crippen LogP contribution in [0.15, 0.2) is 4.52 Å². The first kappa shape index (κ1) is 17.2. The van der Waals surface area contributed by atoms with E-state index in [1.165, 1.54) is 0 Å². The van der Waals surface area contributed by atoms with Gasteiger partial charge in [0.2, 0.25) is 5.89 Å². The molecule has 0 spiro atoms. The summed E-state index contributed by atoms with van der Waals surface area (Å²) in [5, 5.41) is 7.10. The summed E-state index contributed by atoms with van der Waals surface area (Å²) < 4.78 is 45.3. The first-order chi connectivity index (χ1) is 10.4. The Morgan fingerprint density at radius 2 is 2.27 bits per heavy atom. The molecular weight excluding hydrogens is 301 g/mol. The minimum atomic E-state index is -4.26. The average Bonchev–Trinajstić information content (AvgIpc) is 2.83. The van der Waals surface area contributed by atoms with Gasteiger partial charge in [0, 0.05) is 26.1 Å². The van der Waals surface area contributed by atoms with Crippen LogP contribution >= 0.6 is 0 Å². The van der Waals surface area contributed by atoms with Gasteiger partial charge in [0.1, 0.15) is 6.61 Å². The second-order valence-electron chi connectivity index (χ2n) is 5.43. The van der Waals surface area contributed by atoms with Gasteiger partial charge >= 0.3 is 6.18 Å². The van der Waals surface area contributed by atoms with Crippen LogP contribution in [-0.4, -0.2) is 60.1 Å². The van der Waals surface area contributed by atoms with E-state index in [1.807, 2.05) is 0 Å². The monoisotopic (exact) mass is 322 g/mol. The number of rotatable bonds is 7. The summed E-state index contributed by atoms with van der Waals surface area (Å²) in [5.74, 6) is 1.20. The van der Waals surface area contributed by atoms with Gasteiger partial charge in [-0.15, -0.1) is 0 Å². The van der Waals surface area contributed by atoms with Crippen LogP contribution in [0.1, 0.15) is 24.6 Å². The van der Waals surface area contributed by atoms with E-state index in [2.05, 4.69) is 25.1 Å². The third-order valence-electron chi connectivity index (χ3n) is 3.39. The number of likely N-dealkylation sites (tertiary alicyclic amines) is 1. The van der Waals surface area contributed by atoms with Crippen molar-refractivity contribution in [3.05, 3.63) is 11.7 Å². The van der Waals surface area contributed by atoms with Crippen LogP contribution in [0.2, 0.25) is 0 Å². The van der Waals surface area contributed by atoms with Gasteiger partial charge in [-0.3, -0.25) is 4.90 Å². The lowest BCUT2D eigenvalue weighted by Crippen LogP contribution is -2.46. The van der Waals surface area contributed by atoms with Crippen LogP contribution in [-0.2, 0) is 11.3 Å². The molecule has 0 radical (unpaired) electrons. The lowest BCUT2D eigenvalue weighted by molar-refractivity contribution is -0.173. The summed E-state index contributed by atoms with van der Waals surface area (Å²) in [4.78, 5) is 6.38. The maximum Gasteiger partial charge on any atom is 0.411 e. The Morgan fingerprint density at radius 3 is 2.95 bits per heavy atom. The van der Waals surface area contributed by atoms with Crippen molar-refractivity contribution < 1.29 is 22.4 Å². The summed E-state index contributed by atoms with van der Waals surface area (Å²) in [6.45, 7) is 3.42. The number of hydrogen-bond donors (Lipinski definition) is 1. The SMILES string of the molecule is Cc1nc(CN2CCC[C@H](NCCOCC(F)(F)F)C2)no1. The largest absolute Gasteiger partial charge is 0.411 e. The van der Waals surface area contributed by atoms with E-state index in [9.17, 15) is 13.2 Å². The Labute approximate surface area is 127 Å². The van der Waals surface area contributed by atoms with E-state index in [4.69, 9.17) is 4.52 Å². The van der Waals surface area contributed by atoms with Crippen molar-refractivity contribution >= 4 is 0 Å². The van der Waals surface area contributed by atoms with Gasteiger partial charge < -0.3 is 14.6 Å². The highest BCUT2D eigenvalue weighted by molar-refractivity contribution is 4.87. The molecule has 22 heavy (non-hydrogen) atoms. The van der Waals surface area contributed by atoms with E-state index < -0.39 is 12.8 Å². The number of halogens is 3. The van der Waals surface area contributed by atoms with Crippen LogP contribution in [0, 0.1) is 6.92 Å². The number of hydrogen-bond acceptors (Lipinski definition) is 6. The lowest BCUT2D eigenvalue weighted by Gasteiger charge is -2.32. The molecule has 1 aliphatic heterocycles. The Kier molecular flexibility index (Phi) is 6.16. The van der Waals surface area contributed by atoms with Crippen LogP contribution in [0.3, 0.4) is 0 Å². The van der Waals surface area contributed by atoms with E-state index in [1.54, 1.807) is 6.92 Å². The third kappa shape index (κ3) is 6.29. The second-order valence-corrected chi connectivity index (χ2v) is 5.43. The van der Waals surface area contributed by atoms with Gasteiger partial charge in [-0.05, 0) is 19.4 Å². The van der Waals surface area contributed by atoms with Crippen molar-refractivity contribution in [2.24, 2.45) is 0 Å². The molecule has 1 atom stereocenters. The van der Waals surface area contributed by atoms with Crippen LogP contribution < -0.4 is 5.32 Å². The van der Waals surface area contributed by atoms with E-state index in [0.29, 0.717) is 24.8 Å². The Bertz CT molecular complexity index is 453. The molecule has 1 saturated heterocycles. The number of aromatic nitrogens is 2. The van der Waals surface area contributed by atoms with Gasteiger partial charge in [0.05, 0.1) is 13.2 Å². The molecule has 0 aromatic carbocycles. The van der Waals surface area contributed by atoms with Gasteiger partial charge in [-0.25, -0.2) is 0 Å². The molecule has 0 saturated carbocycles. The number of aryl methyl sites for hydroxylation is 1. The maximum atomic E-state index is 11.9. The molecule has 1 fully saturated rings. The minimum Gasteiger partial charge on any atom is -0.371 e. The molecule has 1 aromatic rings. The molecule has 1 aliphatic rings. The van der Waals surface area contributed by atoms with Crippen molar-refractivity contribution in [3.63, 3.8) is 0 Å². The number of piperidine rings is 1. The van der Waals surface area contributed by atoms with Gasteiger partial charge in [-0.2, -0.15) is 18.2 Å². The Hall–Kier alpha value is -1.19. The highest BCUT2D eigenvalue weighted by Crippen LogP contribution is 2.14. The summed E-state index contributed by atoms with van der Waals surface area (Å²) >= 11 is 0. The van der Waals surface area contributed by atoms with Crippen molar-refractivity contribution in [3.8, 4) is 0 Å². The van der Waals surface area contributed by atoms with Crippen molar-refractivity contribution in [2.75, 3.05) is 32.8 Å². The zero-order valence-corrected chi connectivity index (χ0v) is 12.5. The highest BCUT2D eigenvalue weighted by atomic mass is 19.4. The molecular formula is C13H21F3N4O2. The summed E-state index contributed by atoms with van der Waals surface area (Å²) in [7, 11) is 0. The van der Waals surface area contributed by atoms with Crippen molar-refractivity contribution in [1.82, 2.24) is 20.4 Å². The van der Waals surface area contributed by atoms with E-state index >= 15 is 0 Å². The topological polar surface area (TPSA) is 63.4 Å². The molecule has 0 bridgehead atoms. The van der Waals surface area contributed by atoms with Crippen LogP contribution in [0.25, 0.3) is 0 Å². The van der Waals surface area contributed by atoms with Crippen LogP contribution in [0.5, 0.6) is 0 Å². The number of ether oxygens (including phenoxy) is 1. The molecule has 126 valence electrons. The van der Waals surface area contributed by atoms with Gasteiger partial charge in [0.15, 0.2) is 5.82 Å². The quantitative estimate of drug-likeness (QED) is 0.768. The van der Waals surface area contributed by atoms with Gasteiger partial charge in [0.25, 0.3) is 0 Å². The normalized spacial score (nSPS) is 20.5. The van der Waals surface area contributed by atoms with Crippen molar-refractivity contribution in [2.45, 2.75) is 38.5 Å². The molecule has 0 unspecified atom stereocenters. The number of nitrogens with zero attached hydrogens (tertiary/aromatic N) is 3. The number of nitrogens with one attached hydrogen (secondary N) is 1. The predicted molar refractivity (Wildman–Crippen MR) is 72.2 cm³/mol. The zero-order chi connectivity index (χ0) is 16.0. The average molecular weight is 322 g/mol. The zero-order valence-electron chi connectivity index (χ0n) is 12.5. The number of alkyl halides is 3. The fraction of sp³-hybridized carbons (Fsp3) is 0.846. The summed E-state index contributed by atoms with van der Waals surface area (Å²) in [6.07, 6.45) is -2.23. The molecule has 6 nitrogen and oxygen atoms in total. The van der Waals surface area contributed by atoms with E-state index in [0.717, 1.165) is 25.9 Å². The molecule has 0 aliphatic carbocycles. The molecule has 1 aromatic heterocycles. The van der Waals surface area contributed by atoms with Crippen molar-refractivity contribution in [1.29, 1.82) is 0 Å². The Balaban J connectivity index is 1.63. The Morgan fingerprint density at radius 1 is 1.45 bits per heavy atom. The predicted octanol–water partition coefficient (Wildman–Crippen LogP) is 1.51. The lowest BCUT2D eigenvalue weighted by atomic mass is 10.1. The van der Waals surface area contributed by atoms with E-state index in [-0.39, 0.29) is 12.6 Å². The molecule has 2 heterocycles. The summed E-state index contributed by atoms with van der Waals surface area (Å²) in [6, 6.07) is 0.247. The first-order valence-corrected chi connectivity index (χ1v) is 7.32. The smallest absolute Gasteiger partial charge is 0.371 e. The fourth-order valence-corrected chi connectivity index (χ4v) is 2.49. The molecule has 1 N–H and O–H groups in total. The maximum absolute atomic E-state index is 11.9. The molecule has 9 heteroatoms. The fourth-order valence-electron chi connectivity index (χ4n) is 2.49. The van der Waals surface area contributed by atoms with Crippen LogP contribution in [0.4, 0.5) is 13.2 Å². The highest BCUT2D eigenvalue weighted by Gasteiger charge is 2.27. The minimum absolute atomic E-state index is 0.0556. The second kappa shape index (κ2) is 7.89. The summed E-state index contributed by atoms with van der Waals surface area (Å²) in [5.41, 5.74) is 0. The van der Waals surface area contributed by atoms with Gasteiger partial charge in [-0.1, -0.05) is 5.16 Å². The molecule has 0 amide bonds. The third-order valence-corrected chi connectivity index (χ3v) is 3.39. The standard InChI is InChI=1S/C13H21F3N4O2/c1-10-18-12(19-22-10)8-20-5-2-3-11(7-20)17-4-6-21-9-13(14,15)16/h11,17H,2-9H2,1H3/t11-/m0/s1.